The van der Waals surface area contributed by atoms with Crippen molar-refractivity contribution in [1.29, 1.82) is 0 Å². The zero-order chi connectivity index (χ0) is 12.9. The molecule has 1 amide bonds. The minimum Gasteiger partial charge on any atom is -0.452 e. The molecule has 7 nitrogen and oxygen atoms in total. The van der Waals surface area contributed by atoms with E-state index in [0.717, 1.165) is 32.8 Å². The third kappa shape index (κ3) is 4.49. The molecule has 100 valence electrons. The molecule has 1 rings (SSSR count). The first-order chi connectivity index (χ1) is 7.98. The van der Waals surface area contributed by atoms with Crippen LogP contribution in [0.3, 0.4) is 0 Å². The van der Waals surface area contributed by atoms with Gasteiger partial charge in [-0.05, 0) is 25.3 Å². The van der Waals surface area contributed by atoms with Gasteiger partial charge in [0, 0.05) is 6.04 Å². The van der Waals surface area contributed by atoms with E-state index >= 15 is 0 Å². The highest BCUT2D eigenvalue weighted by molar-refractivity contribution is 7.88. The van der Waals surface area contributed by atoms with E-state index in [1.807, 2.05) is 0 Å². The monoisotopic (exact) mass is 265 g/mol. The molecule has 0 radical (unpaired) electrons. The van der Waals surface area contributed by atoms with Gasteiger partial charge < -0.3 is 10.5 Å². The van der Waals surface area contributed by atoms with Crippen LogP contribution in [0.5, 0.6) is 0 Å². The van der Waals surface area contributed by atoms with Gasteiger partial charge in [-0.1, -0.05) is 12.8 Å². The van der Waals surface area contributed by atoms with Crippen molar-refractivity contribution in [2.45, 2.75) is 31.7 Å². The molecule has 0 bridgehead atoms. The first-order valence-electron chi connectivity index (χ1n) is 5.56. The summed E-state index contributed by atoms with van der Waals surface area (Å²) in [6, 6.07) is -0.212. The van der Waals surface area contributed by atoms with Crippen molar-refractivity contribution in [2.75, 3.05) is 13.7 Å². The fourth-order valence-electron chi connectivity index (χ4n) is 2.03. The van der Waals surface area contributed by atoms with Gasteiger partial charge in [0.25, 0.3) is 0 Å². The zero-order valence-corrected chi connectivity index (χ0v) is 10.6. The highest BCUT2D eigenvalue weighted by Crippen LogP contribution is 2.23. The Hall–Kier alpha value is -0.860. The lowest BCUT2D eigenvalue weighted by Gasteiger charge is -2.30. The topological polar surface area (TPSA) is 111 Å². The second-order valence-electron chi connectivity index (χ2n) is 4.10. The fourth-order valence-corrected chi connectivity index (χ4v) is 3.10. The van der Waals surface area contributed by atoms with Crippen molar-refractivity contribution in [2.24, 2.45) is 11.7 Å². The van der Waals surface area contributed by atoms with Crippen LogP contribution in [-0.4, -0.2) is 34.2 Å². The third-order valence-electron chi connectivity index (χ3n) is 2.92. The maximum Gasteiger partial charge on any atom is 0.421 e. The molecule has 8 heteroatoms. The summed E-state index contributed by atoms with van der Waals surface area (Å²) in [5.74, 6) is 0.123. The minimum atomic E-state index is -3.87. The fraction of sp³-hybridized carbons (Fsp3) is 0.889. The van der Waals surface area contributed by atoms with E-state index in [-0.39, 0.29) is 12.0 Å². The quantitative estimate of drug-likeness (QED) is 0.646. The first-order valence-corrected chi connectivity index (χ1v) is 7.05. The standard InChI is InChI=1S/C9H19N3O4S/c1-16-9(13)12-17(14,15)11-8-5-3-2-4-7(8)6-10/h7-8,11H,2-6,10H2,1H3,(H,12,13). The average Bonchev–Trinajstić information content (AvgIpc) is 2.28. The van der Waals surface area contributed by atoms with Crippen LogP contribution in [0.25, 0.3) is 0 Å². The molecular weight excluding hydrogens is 246 g/mol. The number of carbonyl (C=O) groups excluding carboxylic acids is 1. The van der Waals surface area contributed by atoms with E-state index in [9.17, 15) is 13.2 Å². The third-order valence-corrected chi connectivity index (χ3v) is 3.97. The molecule has 1 aliphatic carbocycles. The number of hydrogen-bond acceptors (Lipinski definition) is 5. The van der Waals surface area contributed by atoms with E-state index < -0.39 is 16.3 Å². The summed E-state index contributed by atoms with van der Waals surface area (Å²) in [5, 5.41) is 0. The Bertz CT molecular complexity index is 357. The van der Waals surface area contributed by atoms with Gasteiger partial charge in [-0.2, -0.15) is 13.1 Å². The molecule has 4 N–H and O–H groups in total. The van der Waals surface area contributed by atoms with Gasteiger partial charge in [0.1, 0.15) is 0 Å². The molecule has 2 atom stereocenters. The lowest BCUT2D eigenvalue weighted by molar-refractivity contribution is 0.177. The molecule has 0 aromatic rings. The number of nitrogens with two attached hydrogens (primary N) is 1. The molecule has 0 aromatic carbocycles. The van der Waals surface area contributed by atoms with Crippen molar-refractivity contribution in [3.05, 3.63) is 0 Å². The van der Waals surface area contributed by atoms with Gasteiger partial charge in [0.2, 0.25) is 0 Å². The van der Waals surface area contributed by atoms with Crippen LogP contribution in [0.2, 0.25) is 0 Å². The molecule has 1 saturated carbocycles. The SMILES string of the molecule is COC(=O)NS(=O)(=O)NC1CCCCC1CN. The Morgan fingerprint density at radius 2 is 2.06 bits per heavy atom. The van der Waals surface area contributed by atoms with Gasteiger partial charge in [0.15, 0.2) is 0 Å². The van der Waals surface area contributed by atoms with Crippen molar-refractivity contribution < 1.29 is 17.9 Å². The lowest BCUT2D eigenvalue weighted by Crippen LogP contribution is -2.50. The molecule has 0 spiro atoms. The van der Waals surface area contributed by atoms with Gasteiger partial charge in [-0.3, -0.25) is 0 Å². The number of hydrogen-bond donors (Lipinski definition) is 3. The number of nitrogens with one attached hydrogen (secondary N) is 2. The summed E-state index contributed by atoms with van der Waals surface area (Å²) in [6.07, 6.45) is 2.66. The molecular formula is C9H19N3O4S. The second kappa shape index (κ2) is 6.18. The Morgan fingerprint density at radius 3 is 2.65 bits per heavy atom. The summed E-state index contributed by atoms with van der Waals surface area (Å²) in [4.78, 5) is 10.8. The molecule has 0 heterocycles. The van der Waals surface area contributed by atoms with E-state index in [2.05, 4.69) is 9.46 Å². The Balaban J connectivity index is 2.59. The van der Waals surface area contributed by atoms with Crippen LogP contribution < -0.4 is 15.2 Å². The summed E-state index contributed by atoms with van der Waals surface area (Å²) < 4.78 is 31.6. The van der Waals surface area contributed by atoms with Crippen LogP contribution in [-0.2, 0) is 14.9 Å². The Morgan fingerprint density at radius 1 is 1.41 bits per heavy atom. The number of carbonyl (C=O) groups is 1. The largest absolute Gasteiger partial charge is 0.452 e. The Kier molecular flexibility index (Phi) is 5.16. The number of amides is 1. The second-order valence-corrected chi connectivity index (χ2v) is 5.55. The molecule has 0 aromatic heterocycles. The summed E-state index contributed by atoms with van der Waals surface area (Å²) in [7, 11) is -2.76. The highest BCUT2D eigenvalue weighted by atomic mass is 32.2. The average molecular weight is 265 g/mol. The normalized spacial score (nSPS) is 25.3. The van der Waals surface area contributed by atoms with E-state index in [4.69, 9.17) is 5.73 Å². The smallest absolute Gasteiger partial charge is 0.421 e. The number of rotatable bonds is 4. The maximum absolute atomic E-state index is 11.6. The van der Waals surface area contributed by atoms with Crippen LogP contribution >= 0.6 is 0 Å². The van der Waals surface area contributed by atoms with Crippen molar-refractivity contribution in [3.63, 3.8) is 0 Å². The minimum absolute atomic E-state index is 0.123. The summed E-state index contributed by atoms with van der Waals surface area (Å²) in [6.45, 7) is 0.436. The van der Waals surface area contributed by atoms with Gasteiger partial charge in [-0.15, -0.1) is 0 Å². The van der Waals surface area contributed by atoms with Crippen LogP contribution in [0, 0.1) is 5.92 Å². The number of methoxy groups -OCH3 is 1. The summed E-state index contributed by atoms with van der Waals surface area (Å²) in [5.41, 5.74) is 5.59. The van der Waals surface area contributed by atoms with Gasteiger partial charge in [0.05, 0.1) is 7.11 Å². The molecule has 17 heavy (non-hydrogen) atoms. The van der Waals surface area contributed by atoms with Crippen LogP contribution in [0.15, 0.2) is 0 Å². The zero-order valence-electron chi connectivity index (χ0n) is 9.81. The summed E-state index contributed by atoms with van der Waals surface area (Å²) >= 11 is 0. The van der Waals surface area contributed by atoms with Gasteiger partial charge >= 0.3 is 16.3 Å². The first kappa shape index (κ1) is 14.2. The van der Waals surface area contributed by atoms with Crippen molar-refractivity contribution >= 4 is 16.3 Å². The van der Waals surface area contributed by atoms with Crippen LogP contribution in [0.1, 0.15) is 25.7 Å². The predicted molar refractivity (Wildman–Crippen MR) is 62.4 cm³/mol. The lowest BCUT2D eigenvalue weighted by atomic mass is 9.85. The van der Waals surface area contributed by atoms with E-state index in [1.54, 1.807) is 4.72 Å². The molecule has 2 unspecified atom stereocenters. The molecule has 1 aliphatic rings. The predicted octanol–water partition coefficient (Wildman–Crippen LogP) is -0.306. The molecule has 0 aliphatic heterocycles. The highest BCUT2D eigenvalue weighted by Gasteiger charge is 2.28. The maximum atomic E-state index is 11.6. The molecule has 1 fully saturated rings. The van der Waals surface area contributed by atoms with E-state index in [1.165, 1.54) is 0 Å². The Labute approximate surface area is 101 Å². The molecule has 0 saturated heterocycles. The van der Waals surface area contributed by atoms with Gasteiger partial charge in [-0.25, -0.2) is 9.52 Å². The number of ether oxygens (including phenoxy) is 1. The van der Waals surface area contributed by atoms with Crippen molar-refractivity contribution in [3.8, 4) is 0 Å². The van der Waals surface area contributed by atoms with Crippen LogP contribution in [0.4, 0.5) is 4.79 Å². The van der Waals surface area contributed by atoms with E-state index in [0.29, 0.717) is 6.54 Å². The van der Waals surface area contributed by atoms with Crippen molar-refractivity contribution in [1.82, 2.24) is 9.44 Å².